The van der Waals surface area contributed by atoms with Gasteiger partial charge in [0.1, 0.15) is 5.82 Å². The van der Waals surface area contributed by atoms with Crippen LogP contribution in [0.5, 0.6) is 0 Å². The van der Waals surface area contributed by atoms with E-state index in [-0.39, 0.29) is 11.5 Å². The largest absolute Gasteiger partial charge is 0.383 e. The number of nitrogens with two attached hydrogens (primary N) is 1. The SMILES string of the molecule is C/C=C\C=C(/CC)Cn1ccc(N)nc1=O. The van der Waals surface area contributed by atoms with Gasteiger partial charge in [-0.3, -0.25) is 4.57 Å². The summed E-state index contributed by atoms with van der Waals surface area (Å²) < 4.78 is 1.55. The van der Waals surface area contributed by atoms with E-state index in [1.54, 1.807) is 16.8 Å². The van der Waals surface area contributed by atoms with Crippen LogP contribution in [-0.4, -0.2) is 9.55 Å². The second-order valence-electron chi connectivity index (χ2n) is 3.47. The summed E-state index contributed by atoms with van der Waals surface area (Å²) in [4.78, 5) is 15.2. The Morgan fingerprint density at radius 2 is 2.38 bits per heavy atom. The Labute approximate surface area is 95.1 Å². The standard InChI is InChI=1S/C12H17N3O/c1-3-5-6-10(4-2)9-15-8-7-11(13)14-12(15)16/h3,5-8H,4,9H2,1-2H3,(H2,13,14,16)/b5-3-,10-6+. The Balaban J connectivity index is 2.90. The van der Waals surface area contributed by atoms with Crippen molar-refractivity contribution < 1.29 is 0 Å². The summed E-state index contributed by atoms with van der Waals surface area (Å²) >= 11 is 0. The fourth-order valence-corrected chi connectivity index (χ4v) is 1.30. The van der Waals surface area contributed by atoms with E-state index in [0.29, 0.717) is 6.54 Å². The van der Waals surface area contributed by atoms with Crippen molar-refractivity contribution in [2.24, 2.45) is 0 Å². The quantitative estimate of drug-likeness (QED) is 0.784. The molecule has 1 aromatic heterocycles. The number of nitrogens with zero attached hydrogens (tertiary/aromatic N) is 2. The van der Waals surface area contributed by atoms with Crippen LogP contribution < -0.4 is 11.4 Å². The highest BCUT2D eigenvalue weighted by Crippen LogP contribution is 2.04. The molecule has 0 aromatic carbocycles. The second-order valence-corrected chi connectivity index (χ2v) is 3.47. The average molecular weight is 219 g/mol. The maximum Gasteiger partial charge on any atom is 0.349 e. The summed E-state index contributed by atoms with van der Waals surface area (Å²) in [6.07, 6.45) is 8.52. The minimum Gasteiger partial charge on any atom is -0.383 e. The maximum atomic E-state index is 11.5. The fourth-order valence-electron chi connectivity index (χ4n) is 1.30. The predicted octanol–water partition coefficient (Wildman–Crippen LogP) is 1.74. The second kappa shape index (κ2) is 5.90. The van der Waals surface area contributed by atoms with Crippen LogP contribution in [-0.2, 0) is 6.54 Å². The molecule has 2 N–H and O–H groups in total. The van der Waals surface area contributed by atoms with Crippen molar-refractivity contribution >= 4 is 5.82 Å². The van der Waals surface area contributed by atoms with Gasteiger partial charge in [-0.05, 0) is 19.4 Å². The third-order valence-corrected chi connectivity index (χ3v) is 2.25. The number of anilines is 1. The summed E-state index contributed by atoms with van der Waals surface area (Å²) in [6.45, 7) is 4.58. The summed E-state index contributed by atoms with van der Waals surface area (Å²) in [5.41, 5.74) is 6.29. The average Bonchev–Trinajstić information content (AvgIpc) is 2.27. The highest BCUT2D eigenvalue weighted by atomic mass is 16.1. The van der Waals surface area contributed by atoms with Gasteiger partial charge in [-0.2, -0.15) is 4.98 Å². The highest BCUT2D eigenvalue weighted by Gasteiger charge is 1.99. The predicted molar refractivity (Wildman–Crippen MR) is 66.1 cm³/mol. The molecule has 0 saturated carbocycles. The van der Waals surface area contributed by atoms with Crippen molar-refractivity contribution in [2.45, 2.75) is 26.8 Å². The van der Waals surface area contributed by atoms with E-state index in [9.17, 15) is 4.79 Å². The Bertz CT molecular complexity index is 458. The molecule has 0 aliphatic carbocycles. The molecule has 16 heavy (non-hydrogen) atoms. The molecule has 0 bridgehead atoms. The topological polar surface area (TPSA) is 60.9 Å². The zero-order valence-corrected chi connectivity index (χ0v) is 9.68. The lowest BCUT2D eigenvalue weighted by Crippen LogP contribution is -2.23. The third-order valence-electron chi connectivity index (χ3n) is 2.25. The van der Waals surface area contributed by atoms with Crippen molar-refractivity contribution in [2.75, 3.05) is 5.73 Å². The summed E-state index contributed by atoms with van der Waals surface area (Å²) in [5, 5.41) is 0. The molecule has 0 aliphatic heterocycles. The van der Waals surface area contributed by atoms with Crippen LogP contribution in [0.3, 0.4) is 0 Å². The van der Waals surface area contributed by atoms with Crippen LogP contribution >= 0.6 is 0 Å². The Morgan fingerprint density at radius 1 is 1.62 bits per heavy atom. The lowest BCUT2D eigenvalue weighted by atomic mass is 10.2. The molecule has 0 atom stereocenters. The van der Waals surface area contributed by atoms with Gasteiger partial charge in [0.2, 0.25) is 0 Å². The Hall–Kier alpha value is -1.84. The molecule has 4 nitrogen and oxygen atoms in total. The minimum absolute atomic E-state index is 0.261. The van der Waals surface area contributed by atoms with Gasteiger partial charge in [0.25, 0.3) is 0 Å². The van der Waals surface area contributed by atoms with E-state index in [0.717, 1.165) is 6.42 Å². The van der Waals surface area contributed by atoms with Crippen LogP contribution in [0.4, 0.5) is 5.82 Å². The molecule has 4 heteroatoms. The third kappa shape index (κ3) is 3.38. The number of rotatable bonds is 4. The van der Waals surface area contributed by atoms with Crippen LogP contribution in [0.2, 0.25) is 0 Å². The summed E-state index contributed by atoms with van der Waals surface area (Å²) in [7, 11) is 0. The van der Waals surface area contributed by atoms with Crippen LogP contribution in [0.1, 0.15) is 20.3 Å². The van der Waals surface area contributed by atoms with E-state index >= 15 is 0 Å². The minimum atomic E-state index is -0.306. The van der Waals surface area contributed by atoms with Gasteiger partial charge >= 0.3 is 5.69 Å². The van der Waals surface area contributed by atoms with Crippen molar-refractivity contribution in [1.29, 1.82) is 0 Å². The van der Waals surface area contributed by atoms with Gasteiger partial charge in [0.05, 0.1) is 0 Å². The van der Waals surface area contributed by atoms with Gasteiger partial charge < -0.3 is 5.73 Å². The molecule has 0 fully saturated rings. The lowest BCUT2D eigenvalue weighted by Gasteiger charge is -2.06. The molecular formula is C12H17N3O. The van der Waals surface area contributed by atoms with Crippen LogP contribution in [0.15, 0.2) is 40.9 Å². The Kier molecular flexibility index (Phi) is 4.51. The molecule has 0 saturated heterocycles. The zero-order chi connectivity index (χ0) is 12.0. The van der Waals surface area contributed by atoms with Crippen molar-refractivity contribution in [1.82, 2.24) is 9.55 Å². The molecule has 0 unspecified atom stereocenters. The first-order valence-electron chi connectivity index (χ1n) is 5.31. The summed E-state index contributed by atoms with van der Waals surface area (Å²) in [5.74, 6) is 0.261. The summed E-state index contributed by atoms with van der Waals surface area (Å²) in [6, 6.07) is 1.63. The van der Waals surface area contributed by atoms with E-state index in [1.807, 2.05) is 25.2 Å². The van der Waals surface area contributed by atoms with Crippen molar-refractivity contribution in [3.05, 3.63) is 46.5 Å². The molecule has 1 rings (SSSR count). The van der Waals surface area contributed by atoms with E-state index < -0.39 is 0 Å². The lowest BCUT2D eigenvalue weighted by molar-refractivity contribution is 0.701. The van der Waals surface area contributed by atoms with Crippen molar-refractivity contribution in [3.63, 3.8) is 0 Å². The van der Waals surface area contributed by atoms with Gasteiger partial charge in [0.15, 0.2) is 0 Å². The van der Waals surface area contributed by atoms with Crippen LogP contribution in [0, 0.1) is 0 Å². The van der Waals surface area contributed by atoms with Gasteiger partial charge in [-0.15, -0.1) is 0 Å². The van der Waals surface area contributed by atoms with Gasteiger partial charge in [0, 0.05) is 12.7 Å². The first-order valence-corrected chi connectivity index (χ1v) is 5.31. The molecule has 0 amide bonds. The molecule has 0 radical (unpaired) electrons. The van der Waals surface area contributed by atoms with E-state index in [2.05, 4.69) is 11.9 Å². The number of aromatic nitrogens is 2. The van der Waals surface area contributed by atoms with E-state index in [1.165, 1.54) is 5.57 Å². The van der Waals surface area contributed by atoms with Crippen molar-refractivity contribution in [3.8, 4) is 0 Å². The first kappa shape index (κ1) is 12.2. The number of nitrogen functional groups attached to an aromatic ring is 1. The number of hydrogen-bond acceptors (Lipinski definition) is 3. The normalized spacial score (nSPS) is 12.2. The molecule has 0 aliphatic rings. The van der Waals surface area contributed by atoms with Gasteiger partial charge in [-0.25, -0.2) is 4.79 Å². The number of hydrogen-bond donors (Lipinski definition) is 1. The molecular weight excluding hydrogens is 202 g/mol. The molecule has 86 valence electrons. The smallest absolute Gasteiger partial charge is 0.349 e. The maximum absolute atomic E-state index is 11.5. The zero-order valence-electron chi connectivity index (χ0n) is 9.68. The number of allylic oxidation sites excluding steroid dienone is 4. The highest BCUT2D eigenvalue weighted by molar-refractivity contribution is 5.24. The molecule has 0 spiro atoms. The monoisotopic (exact) mass is 219 g/mol. The van der Waals surface area contributed by atoms with Crippen LogP contribution in [0.25, 0.3) is 0 Å². The molecule has 1 aromatic rings. The Morgan fingerprint density at radius 3 is 2.94 bits per heavy atom. The first-order chi connectivity index (χ1) is 7.67. The fraction of sp³-hybridized carbons (Fsp3) is 0.333. The van der Waals surface area contributed by atoms with Gasteiger partial charge in [-0.1, -0.05) is 30.7 Å². The van der Waals surface area contributed by atoms with E-state index in [4.69, 9.17) is 5.73 Å². The molecule has 1 heterocycles.